The van der Waals surface area contributed by atoms with E-state index in [1.54, 1.807) is 6.20 Å². The molecule has 2 aliphatic heterocycles. The van der Waals surface area contributed by atoms with E-state index in [-0.39, 0.29) is 11.3 Å². The van der Waals surface area contributed by atoms with Gasteiger partial charge in [-0.1, -0.05) is 0 Å². The van der Waals surface area contributed by atoms with Gasteiger partial charge in [0.1, 0.15) is 0 Å². The van der Waals surface area contributed by atoms with Crippen LogP contribution in [0.15, 0.2) is 18.3 Å². The molecule has 3 fully saturated rings. The van der Waals surface area contributed by atoms with Crippen LogP contribution in [0.1, 0.15) is 18.5 Å². The number of likely N-dealkylation sites (tertiary alicyclic amines) is 1. The number of aromatic nitrogens is 3. The zero-order chi connectivity index (χ0) is 16.9. The fourth-order valence-electron chi connectivity index (χ4n) is 4.35. The average molecular weight is 341 g/mol. The number of pyridine rings is 1. The summed E-state index contributed by atoms with van der Waals surface area (Å²) in [5, 5.41) is 11.3. The Bertz CT molecular complexity index is 802. The second-order valence-electron chi connectivity index (χ2n) is 7.77. The number of carbonyl (C=O) groups excluding carboxylic acids is 1. The largest absolute Gasteiger partial charge is 0.380 e. The molecule has 0 spiro atoms. The van der Waals surface area contributed by atoms with Crippen molar-refractivity contribution in [3.8, 4) is 0 Å². The molecule has 0 aromatic carbocycles. The fourth-order valence-corrected chi connectivity index (χ4v) is 4.35. The van der Waals surface area contributed by atoms with Gasteiger partial charge in [-0.15, -0.1) is 0 Å². The van der Waals surface area contributed by atoms with Crippen molar-refractivity contribution in [2.75, 3.05) is 32.8 Å². The number of hydrogen-bond acceptors (Lipinski definition) is 5. The van der Waals surface area contributed by atoms with Gasteiger partial charge in [-0.3, -0.25) is 9.89 Å². The third-order valence-corrected chi connectivity index (χ3v) is 5.94. The van der Waals surface area contributed by atoms with Gasteiger partial charge in [-0.25, -0.2) is 4.98 Å². The van der Waals surface area contributed by atoms with Crippen LogP contribution in [0.25, 0.3) is 11.0 Å². The molecule has 0 radical (unpaired) electrons. The van der Waals surface area contributed by atoms with Gasteiger partial charge in [-0.05, 0) is 30.9 Å². The number of carbonyl (C=O) groups is 1. The standard InChI is InChI=1S/C18H23N5O2/c24-17(20-6-15-14-2-1-5-19-16(14)22-21-15)18-10-23(7-12-3-4-12)8-13(18)9-25-11-18/h1-2,5,12-13H,3-4,6-11H2,(H,20,24)(H,19,21,22)/t13-,18-/m1/s1. The van der Waals surface area contributed by atoms with E-state index < -0.39 is 0 Å². The number of rotatable bonds is 5. The minimum Gasteiger partial charge on any atom is -0.380 e. The fraction of sp³-hybridized carbons (Fsp3) is 0.611. The molecular weight excluding hydrogens is 318 g/mol. The molecule has 1 amide bonds. The van der Waals surface area contributed by atoms with Crippen LogP contribution in [0.2, 0.25) is 0 Å². The molecule has 1 saturated carbocycles. The van der Waals surface area contributed by atoms with Gasteiger partial charge >= 0.3 is 0 Å². The Hall–Kier alpha value is -1.99. The second kappa shape index (κ2) is 5.78. The molecular formula is C18H23N5O2. The van der Waals surface area contributed by atoms with Crippen molar-refractivity contribution in [2.24, 2.45) is 17.3 Å². The lowest BCUT2D eigenvalue weighted by Crippen LogP contribution is -2.46. The van der Waals surface area contributed by atoms with Crippen LogP contribution < -0.4 is 5.32 Å². The average Bonchev–Trinajstić information content (AvgIpc) is 3.04. The van der Waals surface area contributed by atoms with Crippen LogP contribution in [-0.2, 0) is 16.1 Å². The Balaban J connectivity index is 1.29. The van der Waals surface area contributed by atoms with Crippen molar-refractivity contribution >= 4 is 16.9 Å². The highest BCUT2D eigenvalue weighted by Crippen LogP contribution is 2.43. The number of aromatic amines is 1. The summed E-state index contributed by atoms with van der Waals surface area (Å²) in [6, 6.07) is 3.86. The SMILES string of the molecule is O=C(NCc1[nH]nc2ncccc12)[C@]12COC[C@H]1CN(CC1CC1)C2. The molecule has 5 rings (SSSR count). The molecule has 7 heteroatoms. The van der Waals surface area contributed by atoms with Crippen LogP contribution in [0, 0.1) is 17.3 Å². The highest BCUT2D eigenvalue weighted by molar-refractivity contribution is 5.85. The Kier molecular flexibility index (Phi) is 3.53. The lowest BCUT2D eigenvalue weighted by atomic mass is 9.80. The molecule has 25 heavy (non-hydrogen) atoms. The number of fused-ring (bicyclic) bond motifs is 2. The van der Waals surface area contributed by atoms with Crippen molar-refractivity contribution < 1.29 is 9.53 Å². The lowest BCUT2D eigenvalue weighted by molar-refractivity contribution is -0.131. The van der Waals surface area contributed by atoms with E-state index in [4.69, 9.17) is 4.74 Å². The summed E-state index contributed by atoms with van der Waals surface area (Å²) in [5.41, 5.74) is 1.20. The Morgan fingerprint density at radius 3 is 3.28 bits per heavy atom. The van der Waals surface area contributed by atoms with E-state index in [2.05, 4.69) is 25.4 Å². The molecule has 7 nitrogen and oxygen atoms in total. The summed E-state index contributed by atoms with van der Waals surface area (Å²) in [4.78, 5) is 19.8. The van der Waals surface area contributed by atoms with E-state index >= 15 is 0 Å². The molecule has 2 aromatic rings. The Morgan fingerprint density at radius 2 is 2.40 bits per heavy atom. The molecule has 0 bridgehead atoms. The summed E-state index contributed by atoms with van der Waals surface area (Å²) in [7, 11) is 0. The van der Waals surface area contributed by atoms with Gasteiger partial charge in [0.05, 0.1) is 30.9 Å². The zero-order valence-electron chi connectivity index (χ0n) is 14.2. The number of nitrogens with zero attached hydrogens (tertiary/aromatic N) is 3. The van der Waals surface area contributed by atoms with Crippen molar-refractivity contribution in [1.82, 2.24) is 25.4 Å². The molecule has 2 atom stereocenters. The first kappa shape index (κ1) is 15.3. The number of H-pyrrole nitrogens is 1. The van der Waals surface area contributed by atoms with Crippen molar-refractivity contribution in [2.45, 2.75) is 19.4 Å². The van der Waals surface area contributed by atoms with Crippen molar-refractivity contribution in [3.05, 3.63) is 24.0 Å². The molecule has 0 unspecified atom stereocenters. The number of hydrogen-bond donors (Lipinski definition) is 2. The van der Waals surface area contributed by atoms with Crippen LogP contribution in [0.5, 0.6) is 0 Å². The normalized spacial score (nSPS) is 29.2. The highest BCUT2D eigenvalue weighted by Gasteiger charge is 2.55. The summed E-state index contributed by atoms with van der Waals surface area (Å²) in [6.07, 6.45) is 4.41. The number of nitrogens with one attached hydrogen (secondary N) is 2. The van der Waals surface area contributed by atoms with E-state index in [1.165, 1.54) is 12.8 Å². The van der Waals surface area contributed by atoms with E-state index in [9.17, 15) is 4.79 Å². The van der Waals surface area contributed by atoms with Crippen LogP contribution in [0.4, 0.5) is 0 Å². The molecule has 4 heterocycles. The topological polar surface area (TPSA) is 83.1 Å². The monoisotopic (exact) mass is 341 g/mol. The minimum atomic E-state index is -0.386. The van der Waals surface area contributed by atoms with E-state index in [0.717, 1.165) is 36.6 Å². The molecule has 2 aromatic heterocycles. The molecule has 2 N–H and O–H groups in total. The maximum Gasteiger partial charge on any atom is 0.230 e. The highest BCUT2D eigenvalue weighted by atomic mass is 16.5. The third kappa shape index (κ3) is 2.62. The smallest absolute Gasteiger partial charge is 0.230 e. The minimum absolute atomic E-state index is 0.111. The van der Waals surface area contributed by atoms with Crippen molar-refractivity contribution in [1.29, 1.82) is 0 Å². The first-order valence-electron chi connectivity index (χ1n) is 9.11. The summed E-state index contributed by atoms with van der Waals surface area (Å²) >= 11 is 0. The van der Waals surface area contributed by atoms with Gasteiger partial charge in [0, 0.05) is 37.1 Å². The summed E-state index contributed by atoms with van der Waals surface area (Å²) in [6.45, 7) is 4.63. The maximum atomic E-state index is 13.1. The maximum absolute atomic E-state index is 13.1. The zero-order valence-corrected chi connectivity index (χ0v) is 14.2. The Labute approximate surface area is 146 Å². The predicted octanol–water partition coefficient (Wildman–Crippen LogP) is 0.932. The van der Waals surface area contributed by atoms with Crippen LogP contribution >= 0.6 is 0 Å². The molecule has 1 aliphatic carbocycles. The molecule has 132 valence electrons. The first-order valence-corrected chi connectivity index (χ1v) is 9.11. The second-order valence-corrected chi connectivity index (χ2v) is 7.77. The van der Waals surface area contributed by atoms with Gasteiger partial charge in [-0.2, -0.15) is 5.10 Å². The van der Waals surface area contributed by atoms with Gasteiger partial charge < -0.3 is 15.0 Å². The van der Waals surface area contributed by atoms with E-state index in [0.29, 0.717) is 31.3 Å². The molecule has 3 aliphatic rings. The predicted molar refractivity (Wildman–Crippen MR) is 91.6 cm³/mol. The van der Waals surface area contributed by atoms with E-state index in [1.807, 2.05) is 12.1 Å². The van der Waals surface area contributed by atoms with Gasteiger partial charge in [0.2, 0.25) is 5.91 Å². The van der Waals surface area contributed by atoms with Gasteiger partial charge in [0.15, 0.2) is 5.65 Å². The number of ether oxygens (including phenoxy) is 1. The molecule has 2 saturated heterocycles. The van der Waals surface area contributed by atoms with Crippen molar-refractivity contribution in [3.63, 3.8) is 0 Å². The number of amides is 1. The third-order valence-electron chi connectivity index (χ3n) is 5.94. The quantitative estimate of drug-likeness (QED) is 0.845. The van der Waals surface area contributed by atoms with Crippen LogP contribution in [0.3, 0.4) is 0 Å². The van der Waals surface area contributed by atoms with Crippen LogP contribution in [-0.4, -0.2) is 58.8 Å². The Morgan fingerprint density at radius 1 is 1.48 bits per heavy atom. The van der Waals surface area contributed by atoms with Gasteiger partial charge in [0.25, 0.3) is 0 Å². The first-order chi connectivity index (χ1) is 12.2. The summed E-state index contributed by atoms with van der Waals surface area (Å²) in [5.74, 6) is 1.27. The lowest BCUT2D eigenvalue weighted by Gasteiger charge is -2.26. The summed E-state index contributed by atoms with van der Waals surface area (Å²) < 4.78 is 5.69.